The predicted molar refractivity (Wildman–Crippen MR) is 88.3 cm³/mol. The third kappa shape index (κ3) is 4.06. The van der Waals surface area contributed by atoms with Crippen molar-refractivity contribution in [2.24, 2.45) is 0 Å². The molecule has 0 unspecified atom stereocenters. The van der Waals surface area contributed by atoms with E-state index in [4.69, 9.17) is 0 Å². The van der Waals surface area contributed by atoms with E-state index in [0.717, 1.165) is 19.1 Å². The molecule has 1 saturated heterocycles. The van der Waals surface area contributed by atoms with Crippen LogP contribution in [-0.4, -0.2) is 49.1 Å². The Kier molecular flexibility index (Phi) is 5.28. The lowest BCUT2D eigenvalue weighted by Crippen LogP contribution is -2.49. The Balaban J connectivity index is 1.46. The van der Waals surface area contributed by atoms with Gasteiger partial charge in [-0.3, -0.25) is 9.80 Å². The molecule has 0 radical (unpaired) electrons. The molecule has 3 rings (SSSR count). The number of benzene rings is 1. The summed E-state index contributed by atoms with van der Waals surface area (Å²) in [5.41, 5.74) is 2.82. The van der Waals surface area contributed by atoms with Crippen LogP contribution in [0.5, 0.6) is 0 Å². The molecule has 1 aromatic carbocycles. The van der Waals surface area contributed by atoms with E-state index in [1.54, 1.807) is 0 Å². The summed E-state index contributed by atoms with van der Waals surface area (Å²) in [5.74, 6) is 0. The van der Waals surface area contributed by atoms with Gasteiger partial charge < -0.3 is 5.32 Å². The first-order valence-corrected chi connectivity index (χ1v) is 8.54. The molecular formula is C18H29N3. The van der Waals surface area contributed by atoms with Crippen molar-refractivity contribution in [3.8, 4) is 0 Å². The lowest BCUT2D eigenvalue weighted by Gasteiger charge is -2.38. The van der Waals surface area contributed by atoms with Gasteiger partial charge in [0.05, 0.1) is 0 Å². The molecule has 0 spiro atoms. The fourth-order valence-electron chi connectivity index (χ4n) is 3.78. The molecule has 1 saturated carbocycles. The molecule has 21 heavy (non-hydrogen) atoms. The Morgan fingerprint density at radius 1 is 0.952 bits per heavy atom. The third-order valence-corrected chi connectivity index (χ3v) is 5.06. The van der Waals surface area contributed by atoms with E-state index in [9.17, 15) is 0 Å². The lowest BCUT2D eigenvalue weighted by molar-refractivity contribution is 0.0937. The van der Waals surface area contributed by atoms with E-state index in [2.05, 4.69) is 39.4 Å². The second-order valence-electron chi connectivity index (χ2n) is 6.60. The molecule has 116 valence electrons. The van der Waals surface area contributed by atoms with Gasteiger partial charge in [0, 0.05) is 45.3 Å². The van der Waals surface area contributed by atoms with Gasteiger partial charge in [-0.2, -0.15) is 0 Å². The van der Waals surface area contributed by atoms with Crippen molar-refractivity contribution in [2.75, 3.05) is 33.2 Å². The van der Waals surface area contributed by atoms with E-state index < -0.39 is 0 Å². The molecule has 3 nitrogen and oxygen atoms in total. The van der Waals surface area contributed by atoms with Crippen LogP contribution in [0.1, 0.15) is 36.8 Å². The van der Waals surface area contributed by atoms with Gasteiger partial charge in [0.1, 0.15) is 0 Å². The SMILES string of the molecule is CNCc1ccc(CN2CCN(C3CCCC3)CC2)cc1. The van der Waals surface area contributed by atoms with Crippen molar-refractivity contribution in [3.05, 3.63) is 35.4 Å². The highest BCUT2D eigenvalue weighted by atomic mass is 15.3. The summed E-state index contributed by atoms with van der Waals surface area (Å²) in [6.45, 7) is 7.06. The van der Waals surface area contributed by atoms with Gasteiger partial charge in [0.15, 0.2) is 0 Å². The molecule has 0 aromatic heterocycles. The number of piperazine rings is 1. The molecule has 1 aliphatic carbocycles. The van der Waals surface area contributed by atoms with Gasteiger partial charge in [-0.25, -0.2) is 0 Å². The van der Waals surface area contributed by atoms with Gasteiger partial charge in [0.2, 0.25) is 0 Å². The largest absolute Gasteiger partial charge is 0.316 e. The van der Waals surface area contributed by atoms with E-state index >= 15 is 0 Å². The van der Waals surface area contributed by atoms with E-state index in [1.807, 2.05) is 7.05 Å². The van der Waals surface area contributed by atoms with Gasteiger partial charge in [-0.1, -0.05) is 37.1 Å². The minimum Gasteiger partial charge on any atom is -0.316 e. The van der Waals surface area contributed by atoms with Crippen LogP contribution in [0, 0.1) is 0 Å². The van der Waals surface area contributed by atoms with Crippen molar-refractivity contribution < 1.29 is 0 Å². The van der Waals surface area contributed by atoms with Crippen LogP contribution < -0.4 is 5.32 Å². The average Bonchev–Trinajstić information content (AvgIpc) is 3.05. The van der Waals surface area contributed by atoms with Crippen molar-refractivity contribution in [1.29, 1.82) is 0 Å². The minimum absolute atomic E-state index is 0.896. The van der Waals surface area contributed by atoms with E-state index in [1.165, 1.54) is 63.0 Å². The molecule has 0 bridgehead atoms. The normalized spacial score (nSPS) is 22.0. The molecule has 1 N–H and O–H groups in total. The smallest absolute Gasteiger partial charge is 0.0234 e. The van der Waals surface area contributed by atoms with Crippen molar-refractivity contribution >= 4 is 0 Å². The molecule has 0 atom stereocenters. The van der Waals surface area contributed by atoms with Crippen molar-refractivity contribution in [1.82, 2.24) is 15.1 Å². The number of nitrogens with zero attached hydrogens (tertiary/aromatic N) is 2. The van der Waals surface area contributed by atoms with Crippen molar-refractivity contribution in [2.45, 2.75) is 44.8 Å². The molecule has 0 amide bonds. The zero-order valence-corrected chi connectivity index (χ0v) is 13.4. The first-order chi connectivity index (χ1) is 10.3. The summed E-state index contributed by atoms with van der Waals surface area (Å²) in [7, 11) is 2.00. The summed E-state index contributed by atoms with van der Waals surface area (Å²) in [6, 6.07) is 9.97. The van der Waals surface area contributed by atoms with Crippen LogP contribution in [0.25, 0.3) is 0 Å². The maximum atomic E-state index is 3.20. The second-order valence-corrected chi connectivity index (χ2v) is 6.60. The monoisotopic (exact) mass is 287 g/mol. The zero-order chi connectivity index (χ0) is 14.5. The number of hydrogen-bond donors (Lipinski definition) is 1. The standard InChI is InChI=1S/C18H29N3/c1-19-14-16-6-8-17(9-7-16)15-20-10-12-21(13-11-20)18-4-2-3-5-18/h6-9,18-19H,2-5,10-15H2,1H3. The Morgan fingerprint density at radius 3 is 2.19 bits per heavy atom. The summed E-state index contributed by atoms with van der Waals surface area (Å²) >= 11 is 0. The van der Waals surface area contributed by atoms with Crippen LogP contribution in [0.4, 0.5) is 0 Å². The van der Waals surface area contributed by atoms with Crippen LogP contribution >= 0.6 is 0 Å². The Morgan fingerprint density at radius 2 is 1.57 bits per heavy atom. The molecular weight excluding hydrogens is 258 g/mol. The highest BCUT2D eigenvalue weighted by molar-refractivity contribution is 5.22. The summed E-state index contributed by atoms with van der Waals surface area (Å²) in [5, 5.41) is 3.20. The second kappa shape index (κ2) is 7.39. The van der Waals surface area contributed by atoms with Gasteiger partial charge >= 0.3 is 0 Å². The average molecular weight is 287 g/mol. The third-order valence-electron chi connectivity index (χ3n) is 5.06. The molecule has 2 fully saturated rings. The van der Waals surface area contributed by atoms with Crippen LogP contribution in [0.2, 0.25) is 0 Å². The van der Waals surface area contributed by atoms with Crippen molar-refractivity contribution in [3.63, 3.8) is 0 Å². The minimum atomic E-state index is 0.896. The van der Waals surface area contributed by atoms with Gasteiger partial charge in [-0.05, 0) is 31.0 Å². The summed E-state index contributed by atoms with van der Waals surface area (Å²) in [4.78, 5) is 5.35. The van der Waals surface area contributed by atoms with Crippen LogP contribution in [0.3, 0.4) is 0 Å². The maximum Gasteiger partial charge on any atom is 0.0234 e. The van der Waals surface area contributed by atoms with Gasteiger partial charge in [-0.15, -0.1) is 0 Å². The number of nitrogens with one attached hydrogen (secondary N) is 1. The number of hydrogen-bond acceptors (Lipinski definition) is 3. The van der Waals surface area contributed by atoms with Gasteiger partial charge in [0.25, 0.3) is 0 Å². The van der Waals surface area contributed by atoms with Crippen LogP contribution in [0.15, 0.2) is 24.3 Å². The highest BCUT2D eigenvalue weighted by Crippen LogP contribution is 2.24. The molecule has 2 aliphatic rings. The Bertz CT molecular complexity index is 415. The molecule has 1 aliphatic heterocycles. The van der Waals surface area contributed by atoms with E-state index in [-0.39, 0.29) is 0 Å². The molecule has 1 aromatic rings. The maximum absolute atomic E-state index is 3.20. The quantitative estimate of drug-likeness (QED) is 0.897. The first-order valence-electron chi connectivity index (χ1n) is 8.54. The lowest BCUT2D eigenvalue weighted by atomic mass is 10.1. The fraction of sp³-hybridized carbons (Fsp3) is 0.667. The predicted octanol–water partition coefficient (Wildman–Crippen LogP) is 2.47. The highest BCUT2D eigenvalue weighted by Gasteiger charge is 2.25. The molecule has 3 heteroatoms. The topological polar surface area (TPSA) is 18.5 Å². The summed E-state index contributed by atoms with van der Waals surface area (Å²) in [6.07, 6.45) is 5.77. The molecule has 1 heterocycles. The van der Waals surface area contributed by atoms with Crippen LogP contribution in [-0.2, 0) is 13.1 Å². The Hall–Kier alpha value is -0.900. The zero-order valence-electron chi connectivity index (χ0n) is 13.4. The Labute approximate surface area is 129 Å². The summed E-state index contributed by atoms with van der Waals surface area (Å²) < 4.78 is 0. The first kappa shape index (κ1) is 15.0. The number of rotatable bonds is 5. The van der Waals surface area contributed by atoms with E-state index in [0.29, 0.717) is 0 Å². The fourth-order valence-corrected chi connectivity index (χ4v) is 3.78.